The van der Waals surface area contributed by atoms with Gasteiger partial charge in [-0.25, -0.2) is 8.42 Å². The van der Waals surface area contributed by atoms with Gasteiger partial charge in [0.05, 0.1) is 10.6 Å². The average Bonchev–Trinajstić information content (AvgIpc) is 2.27. The lowest BCUT2D eigenvalue weighted by molar-refractivity contribution is -0.135. The van der Waals surface area contributed by atoms with Crippen LogP contribution in [0, 0.1) is 0 Å². The molecule has 0 unspecified atom stereocenters. The van der Waals surface area contributed by atoms with E-state index in [0.717, 1.165) is 11.0 Å². The highest BCUT2D eigenvalue weighted by atomic mass is 32.2. The van der Waals surface area contributed by atoms with E-state index in [1.54, 1.807) is 0 Å². The van der Waals surface area contributed by atoms with E-state index in [-0.39, 0.29) is 5.69 Å². The van der Waals surface area contributed by atoms with Gasteiger partial charge in [-0.15, -0.1) is 0 Å². The normalized spacial score (nSPS) is 11.6. The molecule has 5 nitrogen and oxygen atoms in total. The fourth-order valence-corrected chi connectivity index (χ4v) is 2.37. The third-order valence-corrected chi connectivity index (χ3v) is 3.62. The summed E-state index contributed by atoms with van der Waals surface area (Å²) in [6.45, 7) is -0.490. The van der Waals surface area contributed by atoms with Crippen molar-refractivity contribution in [3.05, 3.63) is 24.3 Å². The van der Waals surface area contributed by atoms with Gasteiger partial charge >= 0.3 is 11.7 Å². The summed E-state index contributed by atoms with van der Waals surface area (Å²) in [5.41, 5.74) is -0.0693. The third kappa shape index (κ3) is 2.95. The maximum atomic E-state index is 12.5. The number of hydrogen-bond acceptors (Lipinski definition) is 4. The van der Waals surface area contributed by atoms with Crippen LogP contribution in [0.5, 0.6) is 0 Å². The molecule has 8 heteroatoms. The van der Waals surface area contributed by atoms with Crippen molar-refractivity contribution < 1.29 is 27.1 Å². The molecule has 100 valence electrons. The Balaban J connectivity index is 3.27. The number of alkyl halides is 2. The number of carbonyl (C=O) groups is 1. The first-order valence-electron chi connectivity index (χ1n) is 4.81. The van der Waals surface area contributed by atoms with Crippen molar-refractivity contribution in [3.8, 4) is 0 Å². The van der Waals surface area contributed by atoms with Crippen molar-refractivity contribution >= 4 is 21.5 Å². The number of likely N-dealkylation sites (N-methyl/N-ethyl adjacent to an activating group) is 1. The van der Waals surface area contributed by atoms with Gasteiger partial charge in [0.1, 0.15) is 6.54 Å². The SMILES string of the molecule is CN(CC(=O)O)c1ccccc1S(=O)(=O)C(F)F. The Kier molecular flexibility index (Phi) is 4.23. The maximum Gasteiger partial charge on any atom is 0.341 e. The molecule has 0 saturated heterocycles. The number of carboxylic acid groups (broad SMARTS) is 1. The number of para-hydroxylation sites is 1. The van der Waals surface area contributed by atoms with E-state index in [9.17, 15) is 22.0 Å². The molecule has 1 rings (SSSR count). The number of aliphatic carboxylic acids is 1. The highest BCUT2D eigenvalue weighted by Crippen LogP contribution is 2.28. The Morgan fingerprint density at radius 1 is 1.39 bits per heavy atom. The summed E-state index contributed by atoms with van der Waals surface area (Å²) in [7, 11) is -3.44. The van der Waals surface area contributed by atoms with Gasteiger partial charge in [0, 0.05) is 7.05 Å². The molecule has 0 aromatic heterocycles. The van der Waals surface area contributed by atoms with Crippen LogP contribution in [0.4, 0.5) is 14.5 Å². The molecule has 0 saturated carbocycles. The number of sulfone groups is 1. The van der Waals surface area contributed by atoms with E-state index >= 15 is 0 Å². The van der Waals surface area contributed by atoms with Crippen LogP contribution >= 0.6 is 0 Å². The van der Waals surface area contributed by atoms with Gasteiger partial charge in [0.2, 0.25) is 9.84 Å². The fourth-order valence-electron chi connectivity index (χ4n) is 1.40. The molecular weight excluding hydrogens is 268 g/mol. The Hall–Kier alpha value is -1.70. The zero-order valence-electron chi connectivity index (χ0n) is 9.38. The van der Waals surface area contributed by atoms with E-state index in [1.165, 1.54) is 25.2 Å². The molecule has 0 spiro atoms. The second-order valence-electron chi connectivity index (χ2n) is 3.52. The molecule has 1 aromatic rings. The van der Waals surface area contributed by atoms with Crippen molar-refractivity contribution in [2.45, 2.75) is 10.7 Å². The van der Waals surface area contributed by atoms with E-state index in [1.807, 2.05) is 0 Å². The molecule has 1 N–H and O–H groups in total. The molecule has 0 heterocycles. The topological polar surface area (TPSA) is 74.7 Å². The molecule has 0 bridgehead atoms. The lowest BCUT2D eigenvalue weighted by atomic mass is 10.3. The molecule has 1 aromatic carbocycles. The van der Waals surface area contributed by atoms with Crippen LogP contribution in [0.15, 0.2) is 29.2 Å². The first kappa shape index (κ1) is 14.4. The summed E-state index contributed by atoms with van der Waals surface area (Å²) in [6.07, 6.45) is 0. The minimum atomic E-state index is -4.76. The van der Waals surface area contributed by atoms with Crippen LogP contribution in [-0.4, -0.2) is 38.8 Å². The molecule has 0 radical (unpaired) electrons. The van der Waals surface area contributed by atoms with Gasteiger partial charge in [0.25, 0.3) is 0 Å². The summed E-state index contributed by atoms with van der Waals surface area (Å²) in [5, 5.41) is 8.61. The molecule has 0 aliphatic rings. The van der Waals surface area contributed by atoms with Crippen LogP contribution in [-0.2, 0) is 14.6 Å². The molecule has 0 fully saturated rings. The Bertz CT molecular complexity index is 545. The van der Waals surface area contributed by atoms with Crippen molar-refractivity contribution in [1.29, 1.82) is 0 Å². The van der Waals surface area contributed by atoms with Crippen LogP contribution in [0.2, 0.25) is 0 Å². The highest BCUT2D eigenvalue weighted by molar-refractivity contribution is 7.91. The molecule has 0 atom stereocenters. The number of benzene rings is 1. The lowest BCUT2D eigenvalue weighted by Gasteiger charge is -2.20. The number of halogens is 2. The number of anilines is 1. The molecule has 0 aliphatic carbocycles. The second-order valence-corrected chi connectivity index (χ2v) is 5.41. The number of hydrogen-bond donors (Lipinski definition) is 1. The van der Waals surface area contributed by atoms with Gasteiger partial charge in [-0.2, -0.15) is 8.78 Å². The van der Waals surface area contributed by atoms with Crippen molar-refractivity contribution in [3.63, 3.8) is 0 Å². The minimum Gasteiger partial charge on any atom is -0.480 e. The maximum absolute atomic E-state index is 12.5. The Morgan fingerprint density at radius 3 is 2.44 bits per heavy atom. The molecule has 0 amide bonds. The summed E-state index contributed by atoms with van der Waals surface area (Å²) in [5.74, 6) is -4.74. The highest BCUT2D eigenvalue weighted by Gasteiger charge is 2.30. The quantitative estimate of drug-likeness (QED) is 0.876. The van der Waals surface area contributed by atoms with Crippen LogP contribution in [0.1, 0.15) is 0 Å². The van der Waals surface area contributed by atoms with E-state index in [0.29, 0.717) is 0 Å². The summed E-state index contributed by atoms with van der Waals surface area (Å²) in [4.78, 5) is 11.0. The minimum absolute atomic E-state index is 0.0693. The largest absolute Gasteiger partial charge is 0.480 e. The van der Waals surface area contributed by atoms with Gasteiger partial charge < -0.3 is 10.0 Å². The smallest absolute Gasteiger partial charge is 0.341 e. The fraction of sp³-hybridized carbons (Fsp3) is 0.300. The van der Waals surface area contributed by atoms with Gasteiger partial charge in [0.15, 0.2) is 0 Å². The van der Waals surface area contributed by atoms with E-state index in [4.69, 9.17) is 5.11 Å². The van der Waals surface area contributed by atoms with Crippen molar-refractivity contribution in [2.75, 3.05) is 18.5 Å². The lowest BCUT2D eigenvalue weighted by Crippen LogP contribution is -2.27. The number of nitrogens with zero attached hydrogens (tertiary/aromatic N) is 1. The first-order valence-corrected chi connectivity index (χ1v) is 6.35. The van der Waals surface area contributed by atoms with Gasteiger partial charge in [-0.1, -0.05) is 12.1 Å². The number of carboxylic acids is 1. The predicted octanol–water partition coefficient (Wildman–Crippen LogP) is 1.20. The number of rotatable bonds is 5. The van der Waals surface area contributed by atoms with Crippen molar-refractivity contribution in [2.24, 2.45) is 0 Å². The first-order chi connectivity index (χ1) is 8.26. The molecular formula is C10H11F2NO4S. The van der Waals surface area contributed by atoms with Crippen LogP contribution in [0.3, 0.4) is 0 Å². The summed E-state index contributed by atoms with van der Waals surface area (Å²) >= 11 is 0. The average molecular weight is 279 g/mol. The molecule has 18 heavy (non-hydrogen) atoms. The Labute approximate surface area is 103 Å². The van der Waals surface area contributed by atoms with Crippen LogP contribution in [0.25, 0.3) is 0 Å². The summed E-state index contributed by atoms with van der Waals surface area (Å²) in [6, 6.07) is 5.04. The Morgan fingerprint density at radius 2 is 1.94 bits per heavy atom. The van der Waals surface area contributed by atoms with E-state index in [2.05, 4.69) is 0 Å². The zero-order valence-corrected chi connectivity index (χ0v) is 10.2. The predicted molar refractivity (Wildman–Crippen MR) is 60.5 cm³/mol. The van der Waals surface area contributed by atoms with Crippen molar-refractivity contribution in [1.82, 2.24) is 0 Å². The van der Waals surface area contributed by atoms with Gasteiger partial charge in [-0.3, -0.25) is 4.79 Å². The standard InChI is InChI=1S/C10H11F2NO4S/c1-13(6-9(14)15)7-4-2-3-5-8(7)18(16,17)10(11)12/h2-5,10H,6H2,1H3,(H,14,15). The van der Waals surface area contributed by atoms with Gasteiger partial charge in [-0.05, 0) is 12.1 Å². The van der Waals surface area contributed by atoms with E-state index < -0.39 is 33.0 Å². The monoisotopic (exact) mass is 279 g/mol. The molecule has 0 aliphatic heterocycles. The second kappa shape index (κ2) is 5.30. The summed E-state index contributed by atoms with van der Waals surface area (Å²) < 4.78 is 47.8. The zero-order chi connectivity index (χ0) is 13.9. The third-order valence-electron chi connectivity index (χ3n) is 2.19. The van der Waals surface area contributed by atoms with Crippen LogP contribution < -0.4 is 4.90 Å².